The van der Waals surface area contributed by atoms with Crippen LogP contribution in [-0.4, -0.2) is 68.6 Å². The summed E-state index contributed by atoms with van der Waals surface area (Å²) in [4.78, 5) is 42.1. The number of hydrogen-bond acceptors (Lipinski definition) is 6. The Bertz CT molecular complexity index is 731. The van der Waals surface area contributed by atoms with Gasteiger partial charge in [-0.3, -0.25) is 14.4 Å². The Hall–Kier alpha value is -1.28. The molecule has 1 spiro atoms. The van der Waals surface area contributed by atoms with Crippen LogP contribution in [0.4, 0.5) is 0 Å². The molecule has 3 aliphatic rings. The molecule has 7 atom stereocenters. The number of fused-ring (bicyclic) bond motifs is 1. The lowest BCUT2D eigenvalue weighted by Crippen LogP contribution is -2.58. The Morgan fingerprint density at radius 2 is 1.97 bits per heavy atom. The zero-order valence-corrected chi connectivity index (χ0v) is 20.5. The van der Waals surface area contributed by atoms with Gasteiger partial charge in [0.2, 0.25) is 11.8 Å². The van der Waals surface area contributed by atoms with Crippen molar-refractivity contribution in [3.05, 3.63) is 0 Å². The predicted octanol–water partition coefficient (Wildman–Crippen LogP) is 2.35. The SMILES string of the molecule is CCCC(C)NC(=O)C1N([C@@H](CO)C(C)C)C(=O)[C@@H]2[C@H](C(=O)OCC)[C@]3(C)CCC12S3. The number of rotatable bonds is 9. The van der Waals surface area contributed by atoms with Gasteiger partial charge in [-0.05, 0) is 46.0 Å². The molecule has 31 heavy (non-hydrogen) atoms. The standard InChI is InChI=1S/C23H38N2O5S/c1-7-9-14(5)24-19(27)18-23-11-10-22(6,31-23)17(21(29)30-8-2)16(23)20(28)25(18)15(12-26)13(3)4/h13-18,26H,7-12H2,1-6H3,(H,24,27)/t14?,15-,16-,17+,18?,22-,23?/m0/s1. The van der Waals surface area contributed by atoms with Crippen LogP contribution in [0.15, 0.2) is 0 Å². The first-order chi connectivity index (χ1) is 14.6. The number of nitrogens with zero attached hydrogens (tertiary/aromatic N) is 1. The molecule has 2 N–H and O–H groups in total. The lowest BCUT2D eigenvalue weighted by molar-refractivity contribution is -0.155. The van der Waals surface area contributed by atoms with Crippen LogP contribution in [0.25, 0.3) is 0 Å². The normalized spacial score (nSPS) is 35.9. The molecular formula is C23H38N2O5S. The molecular weight excluding hydrogens is 416 g/mol. The molecule has 176 valence electrons. The summed E-state index contributed by atoms with van der Waals surface area (Å²) in [5, 5.41) is 13.3. The summed E-state index contributed by atoms with van der Waals surface area (Å²) >= 11 is 1.63. The number of nitrogens with one attached hydrogen (secondary N) is 1. The largest absolute Gasteiger partial charge is 0.466 e. The maximum absolute atomic E-state index is 13.9. The molecule has 8 heteroatoms. The third kappa shape index (κ3) is 3.77. The second-order valence-electron chi connectivity index (χ2n) is 9.92. The van der Waals surface area contributed by atoms with E-state index in [9.17, 15) is 19.5 Å². The lowest BCUT2D eigenvalue weighted by Gasteiger charge is -2.39. The number of aliphatic hydroxyl groups is 1. The van der Waals surface area contributed by atoms with Crippen LogP contribution in [0.2, 0.25) is 0 Å². The Labute approximate surface area is 190 Å². The zero-order valence-electron chi connectivity index (χ0n) is 19.6. The maximum Gasteiger partial charge on any atom is 0.311 e. The highest BCUT2D eigenvalue weighted by molar-refractivity contribution is 8.02. The van der Waals surface area contributed by atoms with Crippen molar-refractivity contribution in [2.75, 3.05) is 13.2 Å². The highest BCUT2D eigenvalue weighted by Crippen LogP contribution is 2.71. The highest BCUT2D eigenvalue weighted by Gasteiger charge is 2.78. The van der Waals surface area contributed by atoms with E-state index in [1.165, 1.54) is 0 Å². The molecule has 0 saturated carbocycles. The van der Waals surface area contributed by atoms with Gasteiger partial charge in [0.1, 0.15) is 6.04 Å². The number of carbonyl (C=O) groups is 3. The van der Waals surface area contributed by atoms with Crippen molar-refractivity contribution in [2.45, 2.75) is 94.8 Å². The van der Waals surface area contributed by atoms with Crippen molar-refractivity contribution in [3.63, 3.8) is 0 Å². The molecule has 3 aliphatic heterocycles. The molecule has 0 aromatic carbocycles. The van der Waals surface area contributed by atoms with Gasteiger partial charge in [0.15, 0.2) is 0 Å². The molecule has 3 heterocycles. The summed E-state index contributed by atoms with van der Waals surface area (Å²) in [5.74, 6) is -1.89. The van der Waals surface area contributed by atoms with Crippen LogP contribution in [0.3, 0.4) is 0 Å². The first kappa shape index (κ1) is 24.4. The summed E-state index contributed by atoms with van der Waals surface area (Å²) in [7, 11) is 0. The molecule has 2 amide bonds. The van der Waals surface area contributed by atoms with E-state index >= 15 is 0 Å². The molecule has 7 nitrogen and oxygen atoms in total. The van der Waals surface area contributed by atoms with E-state index < -0.39 is 33.4 Å². The van der Waals surface area contributed by atoms with Gasteiger partial charge in [-0.15, -0.1) is 11.8 Å². The summed E-state index contributed by atoms with van der Waals surface area (Å²) < 4.78 is 4.30. The Balaban J connectivity index is 2.07. The van der Waals surface area contributed by atoms with E-state index in [2.05, 4.69) is 12.2 Å². The molecule has 3 saturated heterocycles. The third-order valence-electron chi connectivity index (χ3n) is 7.43. The molecule has 0 aliphatic carbocycles. The van der Waals surface area contributed by atoms with E-state index in [0.29, 0.717) is 6.42 Å². The molecule has 3 fully saturated rings. The zero-order chi connectivity index (χ0) is 23.1. The van der Waals surface area contributed by atoms with Crippen LogP contribution in [0, 0.1) is 17.8 Å². The third-order valence-corrected chi connectivity index (χ3v) is 9.41. The molecule has 2 bridgehead atoms. The van der Waals surface area contributed by atoms with E-state index in [1.54, 1.807) is 23.6 Å². The van der Waals surface area contributed by atoms with Gasteiger partial charge < -0.3 is 20.1 Å². The van der Waals surface area contributed by atoms with Crippen molar-refractivity contribution in [1.82, 2.24) is 10.2 Å². The van der Waals surface area contributed by atoms with Gasteiger partial charge in [0.25, 0.3) is 0 Å². The van der Waals surface area contributed by atoms with Crippen LogP contribution < -0.4 is 5.32 Å². The average Bonchev–Trinajstić information content (AvgIpc) is 3.24. The Kier molecular flexibility index (Phi) is 7.02. The second-order valence-corrected chi connectivity index (χ2v) is 11.8. The lowest BCUT2D eigenvalue weighted by atomic mass is 9.66. The quantitative estimate of drug-likeness (QED) is 0.519. The molecule has 3 rings (SSSR count). The maximum atomic E-state index is 13.9. The second kappa shape index (κ2) is 8.93. The number of ether oxygens (including phenoxy) is 1. The number of hydrogen-bond donors (Lipinski definition) is 2. The molecule has 0 radical (unpaired) electrons. The first-order valence-electron chi connectivity index (χ1n) is 11.7. The number of amides is 2. The van der Waals surface area contributed by atoms with Crippen molar-refractivity contribution >= 4 is 29.5 Å². The number of aliphatic hydroxyl groups excluding tert-OH is 1. The number of thioether (sulfide) groups is 1. The topological polar surface area (TPSA) is 95.9 Å². The van der Waals surface area contributed by atoms with Gasteiger partial charge >= 0.3 is 5.97 Å². The smallest absolute Gasteiger partial charge is 0.311 e. The highest BCUT2D eigenvalue weighted by atomic mass is 32.2. The summed E-state index contributed by atoms with van der Waals surface area (Å²) in [6.07, 6.45) is 3.27. The van der Waals surface area contributed by atoms with E-state index in [1.807, 2.05) is 27.7 Å². The number of likely N-dealkylation sites (tertiary alicyclic amines) is 1. The Morgan fingerprint density at radius 1 is 1.29 bits per heavy atom. The van der Waals surface area contributed by atoms with Crippen molar-refractivity contribution in [2.24, 2.45) is 17.8 Å². The minimum absolute atomic E-state index is 0.00317. The Morgan fingerprint density at radius 3 is 2.52 bits per heavy atom. The average molecular weight is 455 g/mol. The van der Waals surface area contributed by atoms with E-state index in [0.717, 1.165) is 19.3 Å². The number of carbonyl (C=O) groups excluding carboxylic acids is 3. The van der Waals surface area contributed by atoms with Crippen LogP contribution >= 0.6 is 11.8 Å². The molecule has 0 aromatic heterocycles. The number of esters is 1. The van der Waals surface area contributed by atoms with Crippen molar-refractivity contribution < 1.29 is 24.2 Å². The summed E-state index contributed by atoms with van der Waals surface area (Å²) in [6, 6.07) is -1.17. The van der Waals surface area contributed by atoms with Crippen molar-refractivity contribution in [3.8, 4) is 0 Å². The fourth-order valence-corrected chi connectivity index (χ4v) is 8.39. The summed E-state index contributed by atoms with van der Waals surface area (Å²) in [5.41, 5.74) is 0. The fraction of sp³-hybridized carbons (Fsp3) is 0.870. The van der Waals surface area contributed by atoms with Crippen molar-refractivity contribution in [1.29, 1.82) is 0 Å². The van der Waals surface area contributed by atoms with Gasteiger partial charge in [-0.25, -0.2) is 0 Å². The summed E-state index contributed by atoms with van der Waals surface area (Å²) in [6.45, 7) is 11.8. The van der Waals surface area contributed by atoms with E-state index in [-0.39, 0.29) is 43.0 Å². The van der Waals surface area contributed by atoms with Gasteiger partial charge in [0.05, 0.1) is 35.8 Å². The van der Waals surface area contributed by atoms with Crippen LogP contribution in [-0.2, 0) is 19.1 Å². The van der Waals surface area contributed by atoms with Gasteiger partial charge in [0, 0.05) is 10.8 Å². The fourth-order valence-electron chi connectivity index (χ4n) is 6.06. The van der Waals surface area contributed by atoms with Crippen LogP contribution in [0.1, 0.15) is 67.2 Å². The minimum atomic E-state index is -0.699. The first-order valence-corrected chi connectivity index (χ1v) is 12.5. The van der Waals surface area contributed by atoms with Gasteiger partial charge in [-0.1, -0.05) is 27.2 Å². The monoisotopic (exact) mass is 454 g/mol. The molecule has 0 aromatic rings. The minimum Gasteiger partial charge on any atom is -0.466 e. The van der Waals surface area contributed by atoms with Gasteiger partial charge in [-0.2, -0.15) is 0 Å². The molecule has 3 unspecified atom stereocenters. The predicted molar refractivity (Wildman–Crippen MR) is 120 cm³/mol. The van der Waals surface area contributed by atoms with E-state index in [4.69, 9.17) is 4.74 Å². The van der Waals surface area contributed by atoms with Crippen LogP contribution in [0.5, 0.6) is 0 Å².